The minimum Gasteiger partial charge on any atom is -0.388 e. The van der Waals surface area contributed by atoms with E-state index < -0.39 is 11.6 Å². The van der Waals surface area contributed by atoms with E-state index in [1.165, 1.54) is 0 Å². The van der Waals surface area contributed by atoms with Crippen LogP contribution in [0.3, 0.4) is 0 Å². The highest BCUT2D eigenvalue weighted by atomic mass is 16.3. The standard InChI is InChI=1S/C12H23N3O3/c1-8(2)4-12(3,18)7-15-11(17)9-5-14-10(16)6-13-9/h8-9,13,18H,4-7H2,1-3H3,(H,14,16)(H,15,17). The fraction of sp³-hybridized carbons (Fsp3) is 0.833. The lowest BCUT2D eigenvalue weighted by molar-refractivity contribution is -0.127. The summed E-state index contributed by atoms with van der Waals surface area (Å²) >= 11 is 0. The molecule has 1 heterocycles. The molecule has 1 saturated heterocycles. The summed E-state index contributed by atoms with van der Waals surface area (Å²) in [4.78, 5) is 22.7. The van der Waals surface area contributed by atoms with Crippen LogP contribution in [-0.2, 0) is 9.59 Å². The molecule has 1 aliphatic rings. The van der Waals surface area contributed by atoms with Crippen LogP contribution in [0.1, 0.15) is 27.2 Å². The zero-order valence-corrected chi connectivity index (χ0v) is 11.2. The highest BCUT2D eigenvalue weighted by Gasteiger charge is 2.27. The molecule has 4 N–H and O–H groups in total. The SMILES string of the molecule is CC(C)CC(C)(O)CNC(=O)C1CNC(=O)CN1. The number of aliphatic hydroxyl groups is 1. The van der Waals surface area contributed by atoms with Gasteiger partial charge in [-0.1, -0.05) is 13.8 Å². The van der Waals surface area contributed by atoms with Crippen molar-refractivity contribution >= 4 is 11.8 Å². The highest BCUT2D eigenvalue weighted by molar-refractivity contribution is 5.86. The summed E-state index contributed by atoms with van der Waals surface area (Å²) in [6, 6.07) is -0.419. The van der Waals surface area contributed by atoms with E-state index in [1.807, 2.05) is 13.8 Å². The first-order valence-electron chi connectivity index (χ1n) is 6.30. The van der Waals surface area contributed by atoms with Crippen molar-refractivity contribution in [3.63, 3.8) is 0 Å². The Morgan fingerprint density at radius 1 is 1.61 bits per heavy atom. The number of hydrogen-bond acceptors (Lipinski definition) is 4. The van der Waals surface area contributed by atoms with Gasteiger partial charge < -0.3 is 15.7 Å². The molecule has 2 atom stereocenters. The molecule has 0 spiro atoms. The van der Waals surface area contributed by atoms with Gasteiger partial charge in [-0.25, -0.2) is 0 Å². The maximum Gasteiger partial charge on any atom is 0.239 e. The minimum absolute atomic E-state index is 0.106. The summed E-state index contributed by atoms with van der Waals surface area (Å²) in [6.07, 6.45) is 0.627. The van der Waals surface area contributed by atoms with E-state index in [9.17, 15) is 14.7 Å². The summed E-state index contributed by atoms with van der Waals surface area (Å²) in [5.41, 5.74) is -0.901. The largest absolute Gasteiger partial charge is 0.388 e. The zero-order valence-electron chi connectivity index (χ0n) is 11.2. The first kappa shape index (κ1) is 14.9. The molecule has 0 aromatic rings. The Labute approximate surface area is 108 Å². The average Bonchev–Trinajstić information content (AvgIpc) is 2.25. The number of rotatable bonds is 5. The molecule has 2 amide bonds. The molecule has 0 aliphatic carbocycles. The second-order valence-corrected chi connectivity index (χ2v) is 5.55. The fourth-order valence-corrected chi connectivity index (χ4v) is 2.10. The number of piperazine rings is 1. The lowest BCUT2D eigenvalue weighted by atomic mass is 9.94. The molecule has 1 fully saturated rings. The third-order valence-corrected chi connectivity index (χ3v) is 2.82. The second-order valence-electron chi connectivity index (χ2n) is 5.55. The quantitative estimate of drug-likeness (QED) is 0.508. The predicted octanol–water partition coefficient (Wildman–Crippen LogP) is -1.01. The first-order chi connectivity index (χ1) is 8.30. The molecule has 104 valence electrons. The smallest absolute Gasteiger partial charge is 0.239 e. The van der Waals surface area contributed by atoms with Gasteiger partial charge in [-0.3, -0.25) is 14.9 Å². The molecule has 0 aromatic carbocycles. The van der Waals surface area contributed by atoms with Gasteiger partial charge >= 0.3 is 0 Å². The van der Waals surface area contributed by atoms with Crippen LogP contribution in [0.25, 0.3) is 0 Å². The molecule has 6 heteroatoms. The van der Waals surface area contributed by atoms with Crippen LogP contribution < -0.4 is 16.0 Å². The minimum atomic E-state index is -0.901. The third kappa shape index (κ3) is 5.01. The van der Waals surface area contributed by atoms with E-state index in [-0.39, 0.29) is 31.4 Å². The van der Waals surface area contributed by atoms with Gasteiger partial charge in [-0.2, -0.15) is 0 Å². The second kappa shape index (κ2) is 6.15. The van der Waals surface area contributed by atoms with Crippen LogP contribution in [0.2, 0.25) is 0 Å². The normalized spacial score (nSPS) is 23.4. The number of nitrogens with one attached hydrogen (secondary N) is 3. The third-order valence-electron chi connectivity index (χ3n) is 2.82. The summed E-state index contributed by atoms with van der Waals surface area (Å²) in [7, 11) is 0. The van der Waals surface area contributed by atoms with Crippen LogP contribution in [0.4, 0.5) is 0 Å². The van der Waals surface area contributed by atoms with Crippen molar-refractivity contribution in [2.24, 2.45) is 5.92 Å². The van der Waals surface area contributed by atoms with Crippen molar-refractivity contribution in [2.45, 2.75) is 38.8 Å². The van der Waals surface area contributed by atoms with E-state index in [1.54, 1.807) is 6.92 Å². The van der Waals surface area contributed by atoms with Crippen LogP contribution in [0, 0.1) is 5.92 Å². The van der Waals surface area contributed by atoms with E-state index in [0.29, 0.717) is 12.3 Å². The molecule has 1 aliphatic heterocycles. The van der Waals surface area contributed by atoms with Crippen LogP contribution in [-0.4, -0.2) is 48.2 Å². The van der Waals surface area contributed by atoms with E-state index in [2.05, 4.69) is 16.0 Å². The lowest BCUT2D eigenvalue weighted by Gasteiger charge is -2.28. The van der Waals surface area contributed by atoms with E-state index >= 15 is 0 Å². The number of carbonyl (C=O) groups is 2. The van der Waals surface area contributed by atoms with Crippen molar-refractivity contribution in [1.29, 1.82) is 0 Å². The molecule has 2 unspecified atom stereocenters. The molecule has 6 nitrogen and oxygen atoms in total. The summed E-state index contributed by atoms with van der Waals surface area (Å²) in [6.45, 7) is 6.42. The van der Waals surface area contributed by atoms with Gasteiger partial charge in [0.25, 0.3) is 0 Å². The Bertz CT molecular complexity index is 306. The molecule has 0 aromatic heterocycles. The number of hydrogen-bond donors (Lipinski definition) is 4. The average molecular weight is 257 g/mol. The van der Waals surface area contributed by atoms with E-state index in [0.717, 1.165) is 0 Å². The first-order valence-corrected chi connectivity index (χ1v) is 6.30. The van der Waals surface area contributed by atoms with Crippen molar-refractivity contribution in [2.75, 3.05) is 19.6 Å². The summed E-state index contributed by atoms with van der Waals surface area (Å²) < 4.78 is 0. The lowest BCUT2D eigenvalue weighted by Crippen LogP contribution is -2.59. The van der Waals surface area contributed by atoms with Gasteiger partial charge in [0.2, 0.25) is 11.8 Å². The monoisotopic (exact) mass is 257 g/mol. The Morgan fingerprint density at radius 3 is 2.78 bits per heavy atom. The number of amides is 2. The maximum absolute atomic E-state index is 11.8. The maximum atomic E-state index is 11.8. The Morgan fingerprint density at radius 2 is 2.28 bits per heavy atom. The van der Waals surface area contributed by atoms with Gasteiger partial charge in [0.1, 0.15) is 6.04 Å². The molecule has 1 rings (SSSR count). The van der Waals surface area contributed by atoms with Crippen LogP contribution in [0.15, 0.2) is 0 Å². The van der Waals surface area contributed by atoms with Gasteiger partial charge in [0, 0.05) is 13.1 Å². The van der Waals surface area contributed by atoms with Crippen molar-refractivity contribution in [1.82, 2.24) is 16.0 Å². The Hall–Kier alpha value is -1.14. The molecule has 0 radical (unpaired) electrons. The van der Waals surface area contributed by atoms with Crippen LogP contribution >= 0.6 is 0 Å². The molecule has 0 bridgehead atoms. The molecular weight excluding hydrogens is 234 g/mol. The summed E-state index contributed by atoms with van der Waals surface area (Å²) in [5.74, 6) is 0.0638. The molecule has 18 heavy (non-hydrogen) atoms. The topological polar surface area (TPSA) is 90.5 Å². The Balaban J connectivity index is 2.34. The Kier molecular flexibility index (Phi) is 5.10. The van der Waals surface area contributed by atoms with E-state index in [4.69, 9.17) is 0 Å². The number of carbonyl (C=O) groups excluding carboxylic acids is 2. The zero-order chi connectivity index (χ0) is 13.8. The summed E-state index contributed by atoms with van der Waals surface area (Å²) in [5, 5.41) is 18.2. The molecular formula is C12H23N3O3. The predicted molar refractivity (Wildman–Crippen MR) is 67.9 cm³/mol. The fourth-order valence-electron chi connectivity index (χ4n) is 2.10. The van der Waals surface area contributed by atoms with Gasteiger partial charge in [0.15, 0.2) is 0 Å². The van der Waals surface area contributed by atoms with Crippen molar-refractivity contribution < 1.29 is 14.7 Å². The van der Waals surface area contributed by atoms with Gasteiger partial charge in [0.05, 0.1) is 12.1 Å². The highest BCUT2D eigenvalue weighted by Crippen LogP contribution is 2.14. The van der Waals surface area contributed by atoms with Gasteiger partial charge in [-0.05, 0) is 19.3 Å². The van der Waals surface area contributed by atoms with Gasteiger partial charge in [-0.15, -0.1) is 0 Å². The molecule has 0 saturated carbocycles. The van der Waals surface area contributed by atoms with Crippen LogP contribution in [0.5, 0.6) is 0 Å². The van der Waals surface area contributed by atoms with Crippen molar-refractivity contribution in [3.8, 4) is 0 Å². The van der Waals surface area contributed by atoms with Crippen molar-refractivity contribution in [3.05, 3.63) is 0 Å².